The highest BCUT2D eigenvalue weighted by Crippen LogP contribution is 2.17. The van der Waals surface area contributed by atoms with E-state index < -0.39 is 0 Å². The summed E-state index contributed by atoms with van der Waals surface area (Å²) in [4.78, 5) is 12.8. The number of hydrogen-bond donors (Lipinski definition) is 4. The molecule has 0 saturated carbocycles. The van der Waals surface area contributed by atoms with Crippen LogP contribution in [-0.4, -0.2) is 37.7 Å². The number of aromatic nitrogens is 5. The van der Waals surface area contributed by atoms with Crippen LogP contribution in [0.15, 0.2) is 47.1 Å². The second kappa shape index (κ2) is 6.59. The maximum Gasteiger partial charge on any atom is 0.259 e. The Hall–Kier alpha value is -3.82. The van der Waals surface area contributed by atoms with Crippen LogP contribution in [-0.2, 0) is 0 Å². The van der Waals surface area contributed by atoms with Crippen molar-refractivity contribution in [2.45, 2.75) is 0 Å². The van der Waals surface area contributed by atoms with E-state index in [1.54, 1.807) is 18.4 Å². The van der Waals surface area contributed by atoms with Crippen LogP contribution >= 0.6 is 0 Å². The number of nitrogens with zero attached hydrogens (tertiary/aromatic N) is 5. The summed E-state index contributed by atoms with van der Waals surface area (Å²) in [5.41, 5.74) is 13.4. The average Bonchev–Trinajstić information content (AvgIpc) is 3.28. The fraction of sp³-hybridized carbons (Fsp3) is 0.125. The van der Waals surface area contributed by atoms with E-state index in [2.05, 4.69) is 30.7 Å². The standard InChI is InChI=1S/C16H17N9O/c17-10-3-1-4-11(9-10)19-6-7-20-15-22-14(18)25-16(23-15)21-13(24-25)12-5-2-8-26-12/h1-5,8-9,19H,6-7,17H2,(H3,18,20,21,22,23,24). The van der Waals surface area contributed by atoms with E-state index >= 15 is 0 Å². The van der Waals surface area contributed by atoms with Crippen LogP contribution < -0.4 is 22.1 Å². The summed E-state index contributed by atoms with van der Waals surface area (Å²) in [6, 6.07) is 11.1. The van der Waals surface area contributed by atoms with Crippen LogP contribution in [0.5, 0.6) is 0 Å². The van der Waals surface area contributed by atoms with Gasteiger partial charge in [-0.3, -0.25) is 0 Å². The Morgan fingerprint density at radius 3 is 2.69 bits per heavy atom. The normalized spacial score (nSPS) is 10.9. The highest BCUT2D eigenvalue weighted by molar-refractivity contribution is 5.54. The molecule has 0 radical (unpaired) electrons. The maximum absolute atomic E-state index is 5.94. The highest BCUT2D eigenvalue weighted by atomic mass is 16.3. The molecule has 0 aliphatic rings. The van der Waals surface area contributed by atoms with E-state index in [0.29, 0.717) is 42.1 Å². The molecule has 1 aromatic carbocycles. The van der Waals surface area contributed by atoms with Crippen LogP contribution in [0, 0.1) is 0 Å². The van der Waals surface area contributed by atoms with Crippen LogP contribution in [0.3, 0.4) is 0 Å². The fourth-order valence-electron chi connectivity index (χ4n) is 2.42. The quantitative estimate of drug-likeness (QED) is 0.299. The van der Waals surface area contributed by atoms with E-state index in [9.17, 15) is 0 Å². The first kappa shape index (κ1) is 15.7. The minimum atomic E-state index is 0.187. The van der Waals surface area contributed by atoms with Gasteiger partial charge in [-0.25, -0.2) is 0 Å². The predicted octanol–water partition coefficient (Wildman–Crippen LogP) is 1.47. The molecular formula is C16H17N9O. The van der Waals surface area contributed by atoms with Crippen molar-refractivity contribution < 1.29 is 4.42 Å². The molecule has 3 aromatic heterocycles. The van der Waals surface area contributed by atoms with Gasteiger partial charge in [-0.1, -0.05) is 6.07 Å². The highest BCUT2D eigenvalue weighted by Gasteiger charge is 2.13. The Morgan fingerprint density at radius 2 is 1.88 bits per heavy atom. The van der Waals surface area contributed by atoms with Crippen molar-refractivity contribution in [1.82, 2.24) is 24.6 Å². The predicted molar refractivity (Wildman–Crippen MR) is 98.5 cm³/mol. The van der Waals surface area contributed by atoms with E-state index in [1.807, 2.05) is 24.3 Å². The average molecular weight is 351 g/mol. The van der Waals surface area contributed by atoms with Gasteiger partial charge in [0.05, 0.1) is 6.26 Å². The molecule has 4 aromatic rings. The number of nitrogens with one attached hydrogen (secondary N) is 2. The van der Waals surface area contributed by atoms with E-state index in [1.165, 1.54) is 4.52 Å². The Kier molecular flexibility index (Phi) is 3.98. The van der Waals surface area contributed by atoms with E-state index in [-0.39, 0.29) is 5.95 Å². The molecule has 0 aliphatic heterocycles. The Morgan fingerprint density at radius 1 is 1.00 bits per heavy atom. The van der Waals surface area contributed by atoms with Crippen molar-refractivity contribution in [1.29, 1.82) is 0 Å². The molecule has 4 rings (SSSR count). The topological polar surface area (TPSA) is 145 Å². The van der Waals surface area contributed by atoms with Crippen molar-refractivity contribution in [2.75, 3.05) is 35.2 Å². The van der Waals surface area contributed by atoms with Crippen LogP contribution in [0.2, 0.25) is 0 Å². The van der Waals surface area contributed by atoms with Gasteiger partial charge in [0.2, 0.25) is 17.7 Å². The molecule has 26 heavy (non-hydrogen) atoms. The SMILES string of the molecule is Nc1cccc(NCCNc2nc(N)n3nc(-c4ccco4)nc3n2)c1. The third kappa shape index (κ3) is 3.20. The maximum atomic E-state index is 5.94. The molecule has 6 N–H and O–H groups in total. The second-order valence-corrected chi connectivity index (χ2v) is 5.51. The Bertz CT molecular complexity index is 1030. The third-order valence-corrected chi connectivity index (χ3v) is 3.60. The number of hydrogen-bond acceptors (Lipinski definition) is 9. The molecule has 0 saturated heterocycles. The molecule has 132 valence electrons. The van der Waals surface area contributed by atoms with E-state index in [4.69, 9.17) is 15.9 Å². The van der Waals surface area contributed by atoms with Crippen molar-refractivity contribution >= 4 is 29.0 Å². The molecule has 3 heterocycles. The van der Waals surface area contributed by atoms with Crippen molar-refractivity contribution in [2.24, 2.45) is 0 Å². The summed E-state index contributed by atoms with van der Waals surface area (Å²) < 4.78 is 6.66. The van der Waals surface area contributed by atoms with Gasteiger partial charge in [0.15, 0.2) is 5.76 Å². The number of fused-ring (bicyclic) bond motifs is 1. The van der Waals surface area contributed by atoms with Crippen LogP contribution in [0.4, 0.5) is 23.3 Å². The Balaban J connectivity index is 1.43. The van der Waals surface area contributed by atoms with Gasteiger partial charge in [-0.15, -0.1) is 5.10 Å². The zero-order chi connectivity index (χ0) is 17.9. The third-order valence-electron chi connectivity index (χ3n) is 3.60. The van der Waals surface area contributed by atoms with Gasteiger partial charge in [0.1, 0.15) is 0 Å². The zero-order valence-electron chi connectivity index (χ0n) is 13.8. The number of nitrogen functional groups attached to an aromatic ring is 2. The molecule has 0 fully saturated rings. The van der Waals surface area contributed by atoms with Gasteiger partial charge in [-0.2, -0.15) is 19.5 Å². The van der Waals surface area contributed by atoms with Gasteiger partial charge < -0.3 is 26.5 Å². The van der Waals surface area contributed by atoms with Crippen molar-refractivity contribution in [3.8, 4) is 11.6 Å². The lowest BCUT2D eigenvalue weighted by Crippen LogP contribution is -2.16. The number of anilines is 4. The zero-order valence-corrected chi connectivity index (χ0v) is 13.8. The summed E-state index contributed by atoms with van der Waals surface area (Å²) in [6.07, 6.45) is 1.55. The summed E-state index contributed by atoms with van der Waals surface area (Å²) in [5.74, 6) is 1.84. The summed E-state index contributed by atoms with van der Waals surface area (Å²) in [5, 5.41) is 10.6. The first-order valence-corrected chi connectivity index (χ1v) is 7.96. The molecule has 0 aliphatic carbocycles. The first-order chi connectivity index (χ1) is 12.7. The monoisotopic (exact) mass is 351 g/mol. The molecule has 0 spiro atoms. The molecule has 10 nitrogen and oxygen atoms in total. The minimum Gasteiger partial charge on any atom is -0.461 e. The van der Waals surface area contributed by atoms with Crippen LogP contribution in [0.25, 0.3) is 17.4 Å². The largest absolute Gasteiger partial charge is 0.461 e. The number of rotatable bonds is 6. The van der Waals surface area contributed by atoms with Gasteiger partial charge in [-0.05, 0) is 30.3 Å². The smallest absolute Gasteiger partial charge is 0.259 e. The van der Waals surface area contributed by atoms with Gasteiger partial charge in [0, 0.05) is 24.5 Å². The number of furan rings is 1. The Labute approximate surface area is 148 Å². The molecule has 0 atom stereocenters. The summed E-state index contributed by atoms with van der Waals surface area (Å²) >= 11 is 0. The molecule has 0 unspecified atom stereocenters. The lowest BCUT2D eigenvalue weighted by atomic mass is 10.3. The summed E-state index contributed by atoms with van der Waals surface area (Å²) in [7, 11) is 0. The fourth-order valence-corrected chi connectivity index (χ4v) is 2.42. The minimum absolute atomic E-state index is 0.187. The molecule has 0 amide bonds. The molecule has 0 bridgehead atoms. The summed E-state index contributed by atoms with van der Waals surface area (Å²) in [6.45, 7) is 1.24. The molecule has 10 heteroatoms. The lowest BCUT2D eigenvalue weighted by molar-refractivity contribution is 0.577. The number of benzene rings is 1. The first-order valence-electron chi connectivity index (χ1n) is 7.96. The van der Waals surface area contributed by atoms with E-state index in [0.717, 1.165) is 5.69 Å². The van der Waals surface area contributed by atoms with Crippen molar-refractivity contribution in [3.05, 3.63) is 42.7 Å². The molecular weight excluding hydrogens is 334 g/mol. The lowest BCUT2D eigenvalue weighted by Gasteiger charge is -2.08. The second-order valence-electron chi connectivity index (χ2n) is 5.51. The van der Waals surface area contributed by atoms with Gasteiger partial charge in [0.25, 0.3) is 5.78 Å². The van der Waals surface area contributed by atoms with Crippen LogP contribution in [0.1, 0.15) is 0 Å². The van der Waals surface area contributed by atoms with Gasteiger partial charge >= 0.3 is 0 Å². The number of nitrogens with two attached hydrogens (primary N) is 2. The van der Waals surface area contributed by atoms with Crippen molar-refractivity contribution in [3.63, 3.8) is 0 Å².